The molecular weight excluding hydrogens is 427 g/mol. The van der Waals surface area contributed by atoms with E-state index in [2.05, 4.69) is 20.9 Å². The Hall–Kier alpha value is -2.84. The molecule has 6 N–H and O–H groups in total. The Morgan fingerprint density at radius 3 is 1.20 bits per heavy atom. The summed E-state index contributed by atoms with van der Waals surface area (Å²) in [6.45, 7) is 6.49. The molecule has 0 atom stereocenters. The fourth-order valence-electron chi connectivity index (χ4n) is 2.04. The summed E-state index contributed by atoms with van der Waals surface area (Å²) in [6, 6.07) is 13.6. The molecule has 2 amide bonds. The van der Waals surface area contributed by atoms with Crippen molar-refractivity contribution in [2.75, 3.05) is 22.1 Å². The summed E-state index contributed by atoms with van der Waals surface area (Å²) in [4.78, 5) is 25.0. The highest BCUT2D eigenvalue weighted by molar-refractivity contribution is 5.98. The third kappa shape index (κ3) is 7.53. The Morgan fingerprint density at radius 1 is 0.667 bits per heavy atom. The number of rotatable bonds is 6. The molecule has 10 heteroatoms. The van der Waals surface area contributed by atoms with Gasteiger partial charge < -0.3 is 22.1 Å². The van der Waals surface area contributed by atoms with Crippen LogP contribution in [0.5, 0.6) is 0 Å². The summed E-state index contributed by atoms with van der Waals surface area (Å²) in [5.74, 6) is -0.702. The average Bonchev–Trinajstić information content (AvgIpc) is 2.64. The highest BCUT2D eigenvalue weighted by Crippen LogP contribution is 2.21. The Kier molecular flexibility index (Phi) is 9.78. The van der Waals surface area contributed by atoms with Crippen LogP contribution in [0.15, 0.2) is 58.8 Å². The normalized spacial score (nSPS) is 11.2. The van der Waals surface area contributed by atoms with Crippen molar-refractivity contribution in [2.24, 2.45) is 10.2 Å². The lowest BCUT2D eigenvalue weighted by Gasteiger charge is -2.22. The van der Waals surface area contributed by atoms with Crippen LogP contribution >= 0.6 is 24.8 Å². The number of halogens is 2. The second-order valence-electron chi connectivity index (χ2n) is 7.47. The van der Waals surface area contributed by atoms with Gasteiger partial charge in [0.05, 0.1) is 0 Å². The molecule has 0 saturated carbocycles. The maximum absolute atomic E-state index is 12.5. The van der Waals surface area contributed by atoms with E-state index in [1.54, 1.807) is 76.2 Å². The quantitative estimate of drug-likeness (QED) is 0.382. The molecule has 0 aliphatic carbocycles. The van der Waals surface area contributed by atoms with Gasteiger partial charge in [0, 0.05) is 22.7 Å². The van der Waals surface area contributed by atoms with Crippen molar-refractivity contribution in [2.45, 2.75) is 38.8 Å². The van der Waals surface area contributed by atoms with Crippen molar-refractivity contribution in [1.82, 2.24) is 0 Å². The summed E-state index contributed by atoms with van der Waals surface area (Å²) >= 11 is 0. The first-order valence-electron chi connectivity index (χ1n) is 8.78. The molecule has 0 aliphatic heterocycles. The van der Waals surface area contributed by atoms with E-state index in [0.717, 1.165) is 0 Å². The van der Waals surface area contributed by atoms with Gasteiger partial charge in [-0.3, -0.25) is 9.59 Å². The average molecular weight is 455 g/mol. The molecule has 0 radical (unpaired) electrons. The van der Waals surface area contributed by atoms with Crippen molar-refractivity contribution < 1.29 is 9.59 Å². The molecule has 0 bridgehead atoms. The van der Waals surface area contributed by atoms with E-state index < -0.39 is 11.1 Å². The van der Waals surface area contributed by atoms with Crippen molar-refractivity contribution in [3.8, 4) is 0 Å². The number of anilines is 4. The van der Waals surface area contributed by atoms with E-state index in [1.165, 1.54) is 0 Å². The number of hydrogen-bond acceptors (Lipinski definition) is 6. The maximum Gasteiger partial charge on any atom is 0.253 e. The first-order chi connectivity index (χ1) is 13.0. The predicted molar refractivity (Wildman–Crippen MR) is 126 cm³/mol. The van der Waals surface area contributed by atoms with Crippen molar-refractivity contribution in [3.63, 3.8) is 0 Å². The fraction of sp³-hybridized carbons (Fsp3) is 0.300. The van der Waals surface area contributed by atoms with Gasteiger partial charge in [-0.2, -0.15) is 10.2 Å². The Morgan fingerprint density at radius 2 is 0.933 bits per heavy atom. The first kappa shape index (κ1) is 27.2. The standard InChI is InChI=1S/C20H26N6O2.2ClH/c1-19(2,17(27)23-15-9-5-13(21)6-10-15)25-26-20(3,4)18(28)24-16-11-7-14(22)8-12-16;;/h5-12H,21-22H2,1-4H3,(H,23,27)(H,24,28);2*1H. The van der Waals surface area contributed by atoms with Gasteiger partial charge in [-0.05, 0) is 76.2 Å². The molecule has 0 aliphatic rings. The van der Waals surface area contributed by atoms with E-state index in [9.17, 15) is 9.59 Å². The molecule has 0 unspecified atom stereocenters. The minimum atomic E-state index is -1.17. The molecule has 2 aromatic carbocycles. The van der Waals surface area contributed by atoms with Crippen LogP contribution in [-0.4, -0.2) is 22.9 Å². The Balaban J connectivity index is 0.00000420. The first-order valence-corrected chi connectivity index (χ1v) is 8.78. The zero-order valence-electron chi connectivity index (χ0n) is 17.3. The number of amides is 2. The zero-order valence-corrected chi connectivity index (χ0v) is 18.9. The van der Waals surface area contributed by atoms with Crippen LogP contribution in [0.4, 0.5) is 22.7 Å². The van der Waals surface area contributed by atoms with Gasteiger partial charge in [-0.15, -0.1) is 24.8 Å². The summed E-state index contributed by atoms with van der Waals surface area (Å²) in [6.07, 6.45) is 0. The van der Waals surface area contributed by atoms with Crippen molar-refractivity contribution >= 4 is 59.4 Å². The summed E-state index contributed by atoms with van der Waals surface area (Å²) < 4.78 is 0. The molecule has 164 valence electrons. The highest BCUT2D eigenvalue weighted by Gasteiger charge is 2.32. The van der Waals surface area contributed by atoms with Gasteiger partial charge in [0.1, 0.15) is 0 Å². The number of carbonyl (C=O) groups is 2. The highest BCUT2D eigenvalue weighted by atomic mass is 35.5. The minimum Gasteiger partial charge on any atom is -0.399 e. The molecule has 2 rings (SSSR count). The number of carbonyl (C=O) groups excluding carboxylic acids is 2. The second-order valence-corrected chi connectivity index (χ2v) is 7.47. The molecule has 8 nitrogen and oxygen atoms in total. The largest absolute Gasteiger partial charge is 0.399 e. The van der Waals surface area contributed by atoms with Crippen LogP contribution in [0.3, 0.4) is 0 Å². The van der Waals surface area contributed by atoms with Crippen LogP contribution in [0.2, 0.25) is 0 Å². The molecule has 0 aromatic heterocycles. The Bertz CT molecular complexity index is 808. The lowest BCUT2D eigenvalue weighted by atomic mass is 10.0. The minimum absolute atomic E-state index is 0. The van der Waals surface area contributed by atoms with E-state index in [-0.39, 0.29) is 36.6 Å². The number of nitrogens with zero attached hydrogens (tertiary/aromatic N) is 2. The molecule has 0 spiro atoms. The molecular formula is C20H28Cl2N6O2. The van der Waals surface area contributed by atoms with Crippen LogP contribution in [-0.2, 0) is 9.59 Å². The summed E-state index contributed by atoms with van der Waals surface area (Å²) in [5, 5.41) is 13.8. The monoisotopic (exact) mass is 454 g/mol. The van der Waals surface area contributed by atoms with Crippen molar-refractivity contribution in [1.29, 1.82) is 0 Å². The van der Waals surface area contributed by atoms with Gasteiger partial charge >= 0.3 is 0 Å². The predicted octanol–water partition coefficient (Wildman–Crippen LogP) is 4.28. The molecule has 0 fully saturated rings. The van der Waals surface area contributed by atoms with E-state index in [4.69, 9.17) is 11.5 Å². The smallest absolute Gasteiger partial charge is 0.253 e. The van der Waals surface area contributed by atoms with Crippen LogP contribution < -0.4 is 22.1 Å². The fourth-order valence-corrected chi connectivity index (χ4v) is 2.04. The third-order valence-electron chi connectivity index (χ3n) is 4.00. The molecule has 2 aromatic rings. The topological polar surface area (TPSA) is 135 Å². The van der Waals surface area contributed by atoms with Crippen LogP contribution in [0.1, 0.15) is 27.7 Å². The number of hydrogen-bond donors (Lipinski definition) is 4. The third-order valence-corrected chi connectivity index (χ3v) is 4.00. The van der Waals surface area contributed by atoms with Crippen LogP contribution in [0.25, 0.3) is 0 Å². The number of nitrogens with two attached hydrogens (primary N) is 2. The Labute approximate surface area is 188 Å². The van der Waals surface area contributed by atoms with Gasteiger partial charge in [0.2, 0.25) is 0 Å². The zero-order chi connectivity index (χ0) is 20.9. The number of nitrogen functional groups attached to an aromatic ring is 2. The number of azo groups is 1. The van der Waals surface area contributed by atoms with Gasteiger partial charge in [-0.25, -0.2) is 0 Å². The summed E-state index contributed by atoms with van der Waals surface area (Å²) in [7, 11) is 0. The SMILES string of the molecule is CC(C)(N=NC(C)(C)C(=O)Nc1ccc(N)cc1)C(=O)Nc1ccc(N)cc1.Cl.Cl. The molecule has 0 heterocycles. The molecule has 30 heavy (non-hydrogen) atoms. The summed E-state index contributed by atoms with van der Waals surface area (Å²) in [5.41, 5.74) is 11.4. The maximum atomic E-state index is 12.5. The lowest BCUT2D eigenvalue weighted by molar-refractivity contribution is -0.122. The van der Waals surface area contributed by atoms with E-state index in [0.29, 0.717) is 22.7 Å². The number of nitrogens with one attached hydrogen (secondary N) is 2. The lowest BCUT2D eigenvalue weighted by Crippen LogP contribution is -2.38. The van der Waals surface area contributed by atoms with Crippen molar-refractivity contribution in [3.05, 3.63) is 48.5 Å². The van der Waals surface area contributed by atoms with Gasteiger partial charge in [0.15, 0.2) is 11.1 Å². The number of benzene rings is 2. The van der Waals surface area contributed by atoms with Gasteiger partial charge in [0.25, 0.3) is 11.8 Å². The van der Waals surface area contributed by atoms with E-state index in [1.807, 2.05) is 0 Å². The second kappa shape index (κ2) is 10.8. The van der Waals surface area contributed by atoms with E-state index >= 15 is 0 Å². The molecule has 0 saturated heterocycles. The van der Waals surface area contributed by atoms with Crippen LogP contribution in [0, 0.1) is 0 Å². The van der Waals surface area contributed by atoms with Gasteiger partial charge in [-0.1, -0.05) is 0 Å².